The Hall–Kier alpha value is -0.390. The lowest BCUT2D eigenvalue weighted by Crippen LogP contribution is -2.46. The number of sulfonamides is 1. The first kappa shape index (κ1) is 13.7. The van der Waals surface area contributed by atoms with E-state index in [1.807, 2.05) is 6.92 Å². The van der Waals surface area contributed by atoms with Crippen LogP contribution in [0.1, 0.15) is 26.2 Å². The van der Waals surface area contributed by atoms with Gasteiger partial charge in [-0.2, -0.15) is 0 Å². The van der Waals surface area contributed by atoms with Crippen LogP contribution in [0.15, 0.2) is 12.7 Å². The summed E-state index contributed by atoms with van der Waals surface area (Å²) in [6.07, 6.45) is 4.91. The van der Waals surface area contributed by atoms with Crippen molar-refractivity contribution in [1.29, 1.82) is 0 Å². The third-order valence-corrected chi connectivity index (χ3v) is 4.76. The van der Waals surface area contributed by atoms with Crippen molar-refractivity contribution in [3.05, 3.63) is 12.7 Å². The van der Waals surface area contributed by atoms with Gasteiger partial charge in [-0.05, 0) is 19.4 Å². The van der Waals surface area contributed by atoms with E-state index in [0.717, 1.165) is 13.0 Å². The Labute approximate surface area is 98.8 Å². The molecule has 0 amide bonds. The van der Waals surface area contributed by atoms with Crippen molar-refractivity contribution in [2.24, 2.45) is 0 Å². The van der Waals surface area contributed by atoms with Crippen LogP contribution >= 0.6 is 0 Å². The van der Waals surface area contributed by atoms with Gasteiger partial charge in [0.1, 0.15) is 0 Å². The zero-order chi connectivity index (χ0) is 12.0. The number of nitrogens with one attached hydrogen (secondary N) is 1. The van der Waals surface area contributed by atoms with Crippen LogP contribution in [0.2, 0.25) is 0 Å². The molecule has 1 aliphatic rings. The Morgan fingerprint density at radius 2 is 2.25 bits per heavy atom. The van der Waals surface area contributed by atoms with Crippen LogP contribution in [-0.4, -0.2) is 44.2 Å². The molecule has 0 spiro atoms. The monoisotopic (exact) mass is 246 g/mol. The minimum Gasteiger partial charge on any atom is -0.313 e. The van der Waals surface area contributed by atoms with Gasteiger partial charge in [-0.15, -0.1) is 6.58 Å². The molecule has 0 aromatic carbocycles. The van der Waals surface area contributed by atoms with Crippen LogP contribution in [0.5, 0.6) is 0 Å². The Morgan fingerprint density at radius 3 is 2.75 bits per heavy atom. The summed E-state index contributed by atoms with van der Waals surface area (Å²) < 4.78 is 25.3. The fourth-order valence-corrected chi connectivity index (χ4v) is 3.33. The first-order valence-corrected chi connectivity index (χ1v) is 7.53. The highest BCUT2D eigenvalue weighted by molar-refractivity contribution is 7.89. The highest BCUT2D eigenvalue weighted by Crippen LogP contribution is 2.11. The first-order chi connectivity index (χ1) is 7.60. The maximum absolute atomic E-state index is 11.9. The fraction of sp³-hybridized carbons (Fsp3) is 0.818. The number of rotatable bonds is 6. The summed E-state index contributed by atoms with van der Waals surface area (Å²) in [5.74, 6) is 0.0353. The molecule has 1 aliphatic heterocycles. The molecule has 0 bridgehead atoms. The van der Waals surface area contributed by atoms with Crippen LogP contribution in [0.4, 0.5) is 0 Å². The SMILES string of the molecule is C=CCS(=O)(=O)N(CC)CC1CCCCN1. The fourth-order valence-electron chi connectivity index (χ4n) is 2.02. The topological polar surface area (TPSA) is 49.4 Å². The normalized spacial score (nSPS) is 22.2. The second-order valence-electron chi connectivity index (χ2n) is 4.16. The zero-order valence-corrected chi connectivity index (χ0v) is 10.8. The van der Waals surface area contributed by atoms with Gasteiger partial charge >= 0.3 is 0 Å². The van der Waals surface area contributed by atoms with E-state index < -0.39 is 10.0 Å². The molecule has 0 saturated carbocycles. The van der Waals surface area contributed by atoms with Crippen molar-refractivity contribution >= 4 is 10.0 Å². The van der Waals surface area contributed by atoms with Gasteiger partial charge in [-0.1, -0.05) is 19.4 Å². The summed E-state index contributed by atoms with van der Waals surface area (Å²) in [4.78, 5) is 0. The highest BCUT2D eigenvalue weighted by Gasteiger charge is 2.23. The maximum Gasteiger partial charge on any atom is 0.217 e. The van der Waals surface area contributed by atoms with E-state index in [0.29, 0.717) is 19.1 Å². The van der Waals surface area contributed by atoms with Gasteiger partial charge in [0, 0.05) is 19.1 Å². The van der Waals surface area contributed by atoms with Crippen molar-refractivity contribution in [3.8, 4) is 0 Å². The Balaban J connectivity index is 2.56. The number of hydrogen-bond donors (Lipinski definition) is 1. The molecule has 0 aliphatic carbocycles. The van der Waals surface area contributed by atoms with E-state index in [2.05, 4.69) is 11.9 Å². The average molecular weight is 246 g/mol. The largest absolute Gasteiger partial charge is 0.313 e. The molecule has 1 heterocycles. The molecular weight excluding hydrogens is 224 g/mol. The number of likely N-dealkylation sites (N-methyl/N-ethyl adjacent to an activating group) is 1. The molecule has 0 radical (unpaired) electrons. The average Bonchev–Trinajstić information content (AvgIpc) is 2.27. The highest BCUT2D eigenvalue weighted by atomic mass is 32.2. The molecule has 4 nitrogen and oxygen atoms in total. The van der Waals surface area contributed by atoms with Gasteiger partial charge in [-0.25, -0.2) is 12.7 Å². The third kappa shape index (κ3) is 3.88. The van der Waals surface area contributed by atoms with Gasteiger partial charge < -0.3 is 5.32 Å². The van der Waals surface area contributed by atoms with Crippen molar-refractivity contribution in [2.45, 2.75) is 32.2 Å². The summed E-state index contributed by atoms with van der Waals surface area (Å²) >= 11 is 0. The van der Waals surface area contributed by atoms with E-state index in [9.17, 15) is 8.42 Å². The second kappa shape index (κ2) is 6.37. The summed E-state index contributed by atoms with van der Waals surface area (Å²) in [6.45, 7) is 7.50. The number of piperidine rings is 1. The number of nitrogens with zero attached hydrogens (tertiary/aromatic N) is 1. The zero-order valence-electron chi connectivity index (χ0n) is 9.98. The Bertz CT molecular complexity index is 308. The van der Waals surface area contributed by atoms with Gasteiger partial charge in [0.15, 0.2) is 0 Å². The Kier molecular flexibility index (Phi) is 5.44. The first-order valence-electron chi connectivity index (χ1n) is 5.92. The molecule has 5 heteroatoms. The van der Waals surface area contributed by atoms with Crippen LogP contribution in [-0.2, 0) is 10.0 Å². The van der Waals surface area contributed by atoms with Crippen LogP contribution < -0.4 is 5.32 Å². The molecule has 16 heavy (non-hydrogen) atoms. The lowest BCUT2D eigenvalue weighted by molar-refractivity contribution is 0.320. The van der Waals surface area contributed by atoms with Crippen LogP contribution in [0, 0.1) is 0 Å². The molecule has 1 saturated heterocycles. The van der Waals surface area contributed by atoms with E-state index in [-0.39, 0.29) is 5.75 Å². The number of hydrogen-bond acceptors (Lipinski definition) is 3. The van der Waals surface area contributed by atoms with Gasteiger partial charge in [0.2, 0.25) is 10.0 Å². The van der Waals surface area contributed by atoms with E-state index in [4.69, 9.17) is 0 Å². The predicted octanol–water partition coefficient (Wildman–Crippen LogP) is 0.966. The molecule has 1 fully saturated rings. The third-order valence-electron chi connectivity index (χ3n) is 2.91. The van der Waals surface area contributed by atoms with Crippen LogP contribution in [0.3, 0.4) is 0 Å². The van der Waals surface area contributed by atoms with Crippen molar-refractivity contribution in [3.63, 3.8) is 0 Å². The summed E-state index contributed by atoms with van der Waals surface area (Å²) in [5, 5.41) is 3.37. The van der Waals surface area contributed by atoms with E-state index in [1.165, 1.54) is 18.9 Å². The second-order valence-corrected chi connectivity index (χ2v) is 6.18. The summed E-state index contributed by atoms with van der Waals surface area (Å²) in [6, 6.07) is 0.313. The molecule has 1 N–H and O–H groups in total. The van der Waals surface area contributed by atoms with Gasteiger partial charge in [0.05, 0.1) is 5.75 Å². The lowest BCUT2D eigenvalue weighted by Gasteiger charge is -2.29. The summed E-state index contributed by atoms with van der Waals surface area (Å²) in [7, 11) is -3.15. The Morgan fingerprint density at radius 1 is 1.50 bits per heavy atom. The molecule has 0 aromatic heterocycles. The van der Waals surface area contributed by atoms with Crippen LogP contribution in [0.25, 0.3) is 0 Å². The molecule has 1 atom stereocenters. The van der Waals surface area contributed by atoms with Gasteiger partial charge in [0.25, 0.3) is 0 Å². The van der Waals surface area contributed by atoms with E-state index >= 15 is 0 Å². The molecule has 94 valence electrons. The smallest absolute Gasteiger partial charge is 0.217 e. The standard InChI is InChI=1S/C11H22N2O2S/c1-3-9-16(14,15)13(4-2)10-11-7-5-6-8-12-11/h3,11-12H,1,4-10H2,2H3. The quantitative estimate of drug-likeness (QED) is 0.710. The minimum atomic E-state index is -3.15. The van der Waals surface area contributed by atoms with E-state index in [1.54, 1.807) is 4.31 Å². The maximum atomic E-state index is 11.9. The lowest BCUT2D eigenvalue weighted by atomic mass is 10.1. The molecule has 1 rings (SSSR count). The summed E-state index contributed by atoms with van der Waals surface area (Å²) in [5.41, 5.74) is 0. The predicted molar refractivity (Wildman–Crippen MR) is 66.9 cm³/mol. The molecular formula is C11H22N2O2S. The van der Waals surface area contributed by atoms with Crippen molar-refractivity contribution < 1.29 is 8.42 Å². The van der Waals surface area contributed by atoms with Crippen molar-refractivity contribution in [2.75, 3.05) is 25.4 Å². The molecule has 1 unspecified atom stereocenters. The minimum absolute atomic E-state index is 0.0353. The van der Waals surface area contributed by atoms with Crippen molar-refractivity contribution in [1.82, 2.24) is 9.62 Å². The van der Waals surface area contributed by atoms with Gasteiger partial charge in [-0.3, -0.25) is 0 Å². The molecule has 0 aromatic rings.